The number of amides is 1. The van der Waals surface area contributed by atoms with E-state index in [1.807, 2.05) is 45.2 Å². The van der Waals surface area contributed by atoms with Crippen LogP contribution in [0.5, 0.6) is 0 Å². The van der Waals surface area contributed by atoms with Gasteiger partial charge in [0.1, 0.15) is 16.6 Å². The van der Waals surface area contributed by atoms with Gasteiger partial charge in [-0.1, -0.05) is 11.6 Å². The van der Waals surface area contributed by atoms with E-state index in [9.17, 15) is 4.79 Å². The van der Waals surface area contributed by atoms with Crippen molar-refractivity contribution in [2.45, 2.75) is 45.1 Å². The summed E-state index contributed by atoms with van der Waals surface area (Å²) >= 11 is 6.22. The van der Waals surface area contributed by atoms with Crippen LogP contribution >= 0.6 is 11.6 Å². The fourth-order valence-electron chi connectivity index (χ4n) is 3.49. The second kappa shape index (κ2) is 7.82. The monoisotopic (exact) mass is 414 g/mol. The minimum Gasteiger partial charge on any atom is -0.444 e. The van der Waals surface area contributed by atoms with Crippen molar-refractivity contribution in [3.63, 3.8) is 0 Å². The topological polar surface area (TPSA) is 58.6 Å². The van der Waals surface area contributed by atoms with Gasteiger partial charge in [-0.05, 0) is 69.4 Å². The number of carbonyl (C=O) groups is 1. The number of hydrogen-bond acceptors (Lipinski definition) is 5. The second-order valence-corrected chi connectivity index (χ2v) is 9.13. The molecular weight excluding hydrogens is 388 g/mol. The first-order chi connectivity index (χ1) is 13.8. The number of pyridine rings is 2. The molecule has 2 aromatic heterocycles. The van der Waals surface area contributed by atoms with Gasteiger partial charge < -0.3 is 14.5 Å². The van der Waals surface area contributed by atoms with Crippen molar-refractivity contribution in [1.82, 2.24) is 14.9 Å². The molecule has 2 fully saturated rings. The van der Waals surface area contributed by atoms with E-state index in [2.05, 4.69) is 20.9 Å². The molecule has 1 saturated carbocycles. The third-order valence-corrected chi connectivity index (χ3v) is 5.36. The number of piperazine rings is 1. The third-order valence-electron chi connectivity index (χ3n) is 5.16. The predicted octanol–water partition coefficient (Wildman–Crippen LogP) is 4.73. The summed E-state index contributed by atoms with van der Waals surface area (Å²) in [5, 5.41) is 0.534. The van der Waals surface area contributed by atoms with Crippen LogP contribution in [0.4, 0.5) is 10.6 Å². The molecule has 1 aliphatic carbocycles. The number of rotatable bonds is 3. The Labute approximate surface area is 176 Å². The van der Waals surface area contributed by atoms with Crippen molar-refractivity contribution in [3.05, 3.63) is 41.2 Å². The summed E-state index contributed by atoms with van der Waals surface area (Å²) in [5.74, 6) is 1.53. The number of halogens is 1. The summed E-state index contributed by atoms with van der Waals surface area (Å²) < 4.78 is 5.46. The highest BCUT2D eigenvalue weighted by Crippen LogP contribution is 2.41. The average Bonchev–Trinajstić information content (AvgIpc) is 3.52. The lowest BCUT2D eigenvalue weighted by atomic mass is 10.1. The maximum atomic E-state index is 12.2. The molecule has 29 heavy (non-hydrogen) atoms. The Bertz CT molecular complexity index is 883. The van der Waals surface area contributed by atoms with E-state index in [0.717, 1.165) is 30.2 Å². The van der Waals surface area contributed by atoms with Gasteiger partial charge in [0.2, 0.25) is 0 Å². The van der Waals surface area contributed by atoms with Crippen molar-refractivity contribution in [2.24, 2.45) is 0 Å². The van der Waals surface area contributed by atoms with E-state index >= 15 is 0 Å². The zero-order chi connectivity index (χ0) is 20.6. The molecule has 1 saturated heterocycles. The molecule has 2 aliphatic rings. The summed E-state index contributed by atoms with van der Waals surface area (Å²) in [5.41, 5.74) is 2.63. The standard InChI is InChI=1S/C22H27ClN4O2/c1-22(2,3)29-21(28)27-10-8-26(9-11-27)20-7-6-16(14-24-20)18-12-17(15-4-5-15)13-19(23)25-18/h6-7,12-15H,4-5,8-11H2,1-3H3. The molecule has 1 aliphatic heterocycles. The van der Waals surface area contributed by atoms with Crippen molar-refractivity contribution < 1.29 is 9.53 Å². The van der Waals surface area contributed by atoms with Crippen molar-refractivity contribution in [3.8, 4) is 11.3 Å². The maximum Gasteiger partial charge on any atom is 0.410 e. The molecule has 154 valence electrons. The Kier molecular flexibility index (Phi) is 5.38. The van der Waals surface area contributed by atoms with E-state index in [-0.39, 0.29) is 6.09 Å². The summed E-state index contributed by atoms with van der Waals surface area (Å²) in [6, 6.07) is 8.14. The minimum absolute atomic E-state index is 0.251. The van der Waals surface area contributed by atoms with Crippen molar-refractivity contribution in [2.75, 3.05) is 31.1 Å². The van der Waals surface area contributed by atoms with E-state index in [4.69, 9.17) is 16.3 Å². The summed E-state index contributed by atoms with van der Waals surface area (Å²) in [6.45, 7) is 8.36. The highest BCUT2D eigenvalue weighted by atomic mass is 35.5. The molecule has 4 rings (SSSR count). The van der Waals surface area contributed by atoms with Gasteiger partial charge in [0, 0.05) is 37.9 Å². The van der Waals surface area contributed by atoms with Crippen LogP contribution < -0.4 is 4.90 Å². The molecule has 0 spiro atoms. The average molecular weight is 415 g/mol. The minimum atomic E-state index is -0.473. The van der Waals surface area contributed by atoms with Gasteiger partial charge in [-0.25, -0.2) is 14.8 Å². The molecule has 2 aromatic rings. The second-order valence-electron chi connectivity index (χ2n) is 8.74. The van der Waals surface area contributed by atoms with Gasteiger partial charge in [-0.2, -0.15) is 0 Å². The lowest BCUT2D eigenvalue weighted by Crippen LogP contribution is -2.50. The van der Waals surface area contributed by atoms with E-state index in [0.29, 0.717) is 24.2 Å². The molecule has 0 N–H and O–H groups in total. The number of anilines is 1. The predicted molar refractivity (Wildman–Crippen MR) is 114 cm³/mol. The molecule has 0 radical (unpaired) electrons. The fourth-order valence-corrected chi connectivity index (χ4v) is 3.70. The highest BCUT2D eigenvalue weighted by Gasteiger charge is 2.27. The highest BCUT2D eigenvalue weighted by molar-refractivity contribution is 6.29. The van der Waals surface area contributed by atoms with Crippen LogP contribution in [0.1, 0.15) is 45.1 Å². The van der Waals surface area contributed by atoms with Gasteiger partial charge >= 0.3 is 6.09 Å². The molecule has 7 heteroatoms. The molecule has 0 atom stereocenters. The van der Waals surface area contributed by atoms with E-state index < -0.39 is 5.60 Å². The molecule has 6 nitrogen and oxygen atoms in total. The SMILES string of the molecule is CC(C)(C)OC(=O)N1CCN(c2ccc(-c3cc(C4CC4)cc(Cl)n3)cn2)CC1. The Balaban J connectivity index is 1.40. The van der Waals surface area contributed by atoms with Crippen LogP contribution in [0.15, 0.2) is 30.5 Å². The first-order valence-electron chi connectivity index (χ1n) is 10.2. The molecule has 1 amide bonds. The quantitative estimate of drug-likeness (QED) is 0.679. The van der Waals surface area contributed by atoms with Crippen LogP contribution in [0, 0.1) is 0 Å². The van der Waals surface area contributed by atoms with Gasteiger partial charge in [0.05, 0.1) is 5.69 Å². The Hall–Kier alpha value is -2.34. The lowest BCUT2D eigenvalue weighted by Gasteiger charge is -2.36. The van der Waals surface area contributed by atoms with Gasteiger partial charge in [0.15, 0.2) is 0 Å². The van der Waals surface area contributed by atoms with Crippen LogP contribution in [0.3, 0.4) is 0 Å². The third kappa shape index (κ3) is 4.99. The molecule has 3 heterocycles. The number of carbonyl (C=O) groups excluding carboxylic acids is 1. The largest absolute Gasteiger partial charge is 0.444 e. The Morgan fingerprint density at radius 2 is 1.86 bits per heavy atom. The summed E-state index contributed by atoms with van der Waals surface area (Å²) in [6.07, 6.45) is 4.06. The molecule has 0 unspecified atom stereocenters. The van der Waals surface area contributed by atoms with Gasteiger partial charge in [-0.3, -0.25) is 0 Å². The number of ether oxygens (including phenoxy) is 1. The molecular formula is C22H27ClN4O2. The first kappa shape index (κ1) is 20.0. The number of nitrogens with zero attached hydrogens (tertiary/aromatic N) is 4. The summed E-state index contributed by atoms with van der Waals surface area (Å²) in [7, 11) is 0. The van der Waals surface area contributed by atoms with Crippen LogP contribution in [-0.4, -0.2) is 52.7 Å². The van der Waals surface area contributed by atoms with Crippen LogP contribution in [-0.2, 0) is 4.74 Å². The van der Waals surface area contributed by atoms with Gasteiger partial charge in [0.25, 0.3) is 0 Å². The van der Waals surface area contributed by atoms with Crippen LogP contribution in [0.25, 0.3) is 11.3 Å². The van der Waals surface area contributed by atoms with E-state index in [1.165, 1.54) is 18.4 Å². The maximum absolute atomic E-state index is 12.2. The van der Waals surface area contributed by atoms with Gasteiger partial charge in [-0.15, -0.1) is 0 Å². The Morgan fingerprint density at radius 1 is 1.14 bits per heavy atom. The molecule has 0 bridgehead atoms. The number of aromatic nitrogens is 2. The van der Waals surface area contributed by atoms with Crippen molar-refractivity contribution >= 4 is 23.5 Å². The zero-order valence-corrected chi connectivity index (χ0v) is 17.9. The fraction of sp³-hybridized carbons (Fsp3) is 0.500. The van der Waals surface area contributed by atoms with E-state index in [1.54, 1.807) is 4.90 Å². The summed E-state index contributed by atoms with van der Waals surface area (Å²) in [4.78, 5) is 25.3. The van der Waals surface area contributed by atoms with Crippen molar-refractivity contribution in [1.29, 1.82) is 0 Å². The zero-order valence-electron chi connectivity index (χ0n) is 17.2. The normalized spacial score (nSPS) is 17.4. The lowest BCUT2D eigenvalue weighted by molar-refractivity contribution is 0.0240. The smallest absolute Gasteiger partial charge is 0.410 e. The van der Waals surface area contributed by atoms with Crippen LogP contribution in [0.2, 0.25) is 5.15 Å². The first-order valence-corrected chi connectivity index (χ1v) is 10.5. The number of hydrogen-bond donors (Lipinski definition) is 0. The Morgan fingerprint density at radius 3 is 2.45 bits per heavy atom. The molecule has 0 aromatic carbocycles.